The first-order chi connectivity index (χ1) is 9.69. The zero-order chi connectivity index (χ0) is 14.1. The van der Waals surface area contributed by atoms with Crippen molar-refractivity contribution in [3.63, 3.8) is 0 Å². The van der Waals surface area contributed by atoms with Crippen molar-refractivity contribution in [3.05, 3.63) is 40.2 Å². The second kappa shape index (κ2) is 4.88. The molecule has 6 nitrogen and oxygen atoms in total. The van der Waals surface area contributed by atoms with Gasteiger partial charge in [0.25, 0.3) is 5.65 Å². The molecular formula is C12H7N6S2+. The van der Waals surface area contributed by atoms with E-state index in [0.29, 0.717) is 25.9 Å². The Bertz CT molecular complexity index is 897. The molecule has 0 amide bonds. The fourth-order valence-electron chi connectivity index (χ4n) is 1.71. The summed E-state index contributed by atoms with van der Waals surface area (Å²) in [4.78, 5) is 12.8. The van der Waals surface area contributed by atoms with Crippen LogP contribution in [0, 0.1) is 15.3 Å². The molecule has 0 saturated heterocycles. The highest BCUT2D eigenvalue weighted by Crippen LogP contribution is 2.21. The van der Waals surface area contributed by atoms with Gasteiger partial charge in [0.15, 0.2) is 9.47 Å². The van der Waals surface area contributed by atoms with E-state index in [9.17, 15) is 5.26 Å². The van der Waals surface area contributed by atoms with Crippen molar-refractivity contribution in [1.82, 2.24) is 15.0 Å². The molecule has 3 aromatic heterocycles. The summed E-state index contributed by atoms with van der Waals surface area (Å²) in [6.07, 6.45) is 3.56. The summed E-state index contributed by atoms with van der Waals surface area (Å²) in [6.45, 7) is 0. The van der Waals surface area contributed by atoms with E-state index < -0.39 is 0 Å². The summed E-state index contributed by atoms with van der Waals surface area (Å²) in [6, 6.07) is 7.57. The number of aromatic nitrogens is 4. The third-order valence-corrected chi connectivity index (χ3v) is 3.57. The molecule has 8 heteroatoms. The van der Waals surface area contributed by atoms with Crippen LogP contribution in [0.1, 0.15) is 5.69 Å². The molecule has 0 aromatic carbocycles. The molecule has 3 aromatic rings. The lowest BCUT2D eigenvalue weighted by molar-refractivity contribution is -0.599. The molecule has 3 heterocycles. The zero-order valence-corrected chi connectivity index (χ0v) is 11.6. The highest BCUT2D eigenvalue weighted by molar-refractivity contribution is 7.73. The van der Waals surface area contributed by atoms with Gasteiger partial charge in [-0.3, -0.25) is 0 Å². The van der Waals surface area contributed by atoms with Gasteiger partial charge in [0, 0.05) is 0 Å². The maximum absolute atomic E-state index is 9.24. The van der Waals surface area contributed by atoms with Gasteiger partial charge in [-0.15, -0.1) is 0 Å². The van der Waals surface area contributed by atoms with Crippen LogP contribution >= 0.6 is 23.6 Å². The number of nitrogens with zero attached hydrogens (tertiary/aromatic N) is 5. The quantitative estimate of drug-likeness (QED) is 0.541. The summed E-state index contributed by atoms with van der Waals surface area (Å²) in [5.41, 5.74) is 6.80. The molecule has 2 N–H and O–H groups in total. The standard InChI is InChI=1S/C12H6N6S2/c13-6-7-11(18-4-2-1-3-5-18)16-10-8(15-7)9(14)20-12(19)17-10/h1-5H,(H-,14,16,17,19)/p+1. The van der Waals surface area contributed by atoms with Crippen LogP contribution in [0.5, 0.6) is 0 Å². The van der Waals surface area contributed by atoms with Crippen LogP contribution in [0.3, 0.4) is 0 Å². The van der Waals surface area contributed by atoms with Gasteiger partial charge in [-0.05, 0) is 29.3 Å². The average molecular weight is 299 g/mol. The molecule has 3 rings (SSSR count). The van der Waals surface area contributed by atoms with Gasteiger partial charge >= 0.3 is 5.82 Å². The number of nitriles is 1. The molecule has 0 atom stereocenters. The largest absolute Gasteiger partial charge is 0.389 e. The summed E-state index contributed by atoms with van der Waals surface area (Å²) in [5.74, 6) is 0.401. The molecule has 0 radical (unpaired) electrons. The number of hydrogen-bond acceptors (Lipinski definition) is 7. The highest BCUT2D eigenvalue weighted by Gasteiger charge is 2.21. The Labute approximate surface area is 122 Å². The van der Waals surface area contributed by atoms with Crippen LogP contribution < -0.4 is 10.3 Å². The Morgan fingerprint density at radius 1 is 1.20 bits per heavy atom. The Hall–Kier alpha value is -2.50. The fraction of sp³-hybridized carbons (Fsp3) is 0. The van der Waals surface area contributed by atoms with Crippen molar-refractivity contribution < 1.29 is 4.57 Å². The molecule has 0 bridgehead atoms. The molecule has 96 valence electrons. The van der Waals surface area contributed by atoms with E-state index in [1.165, 1.54) is 0 Å². The van der Waals surface area contributed by atoms with Gasteiger partial charge in [0.05, 0.1) is 12.4 Å². The van der Waals surface area contributed by atoms with Crippen LogP contribution in [-0.4, -0.2) is 15.0 Å². The minimum absolute atomic E-state index is 0.187. The number of anilines is 1. The van der Waals surface area contributed by atoms with Crippen LogP contribution in [0.15, 0.2) is 30.6 Å². The van der Waals surface area contributed by atoms with Crippen LogP contribution in [0.4, 0.5) is 5.00 Å². The zero-order valence-electron chi connectivity index (χ0n) is 10.0. The maximum atomic E-state index is 9.24. The third kappa shape index (κ3) is 2.09. The average Bonchev–Trinajstić information content (AvgIpc) is 2.47. The van der Waals surface area contributed by atoms with Crippen molar-refractivity contribution in [3.8, 4) is 11.9 Å². The van der Waals surface area contributed by atoms with E-state index in [-0.39, 0.29) is 5.69 Å². The summed E-state index contributed by atoms with van der Waals surface area (Å²) in [5, 5.41) is 9.65. The summed E-state index contributed by atoms with van der Waals surface area (Å²) in [7, 11) is 0. The molecule has 0 saturated carbocycles. The van der Waals surface area contributed by atoms with E-state index >= 15 is 0 Å². The molecule has 0 fully saturated rings. The molecule has 20 heavy (non-hydrogen) atoms. The SMILES string of the molecule is N#Cc1nc2c(N)sc(=S)nc2nc1-[n+]1ccccc1. The van der Waals surface area contributed by atoms with Gasteiger partial charge in [-0.25, -0.2) is 9.55 Å². The van der Waals surface area contributed by atoms with Crippen LogP contribution in [0.25, 0.3) is 17.0 Å². The molecule has 0 aliphatic heterocycles. The number of hydrogen-bond donors (Lipinski definition) is 1. The number of pyridine rings is 1. The normalized spacial score (nSPS) is 10.3. The minimum atomic E-state index is 0.187. The minimum Gasteiger partial charge on any atom is -0.389 e. The van der Waals surface area contributed by atoms with Gasteiger partial charge < -0.3 is 5.73 Å². The second-order valence-corrected chi connectivity index (χ2v) is 5.48. The van der Waals surface area contributed by atoms with Gasteiger partial charge in [0.2, 0.25) is 5.69 Å². The lowest BCUT2D eigenvalue weighted by Crippen LogP contribution is -2.32. The van der Waals surface area contributed by atoms with Gasteiger partial charge in [-0.1, -0.05) is 17.4 Å². The highest BCUT2D eigenvalue weighted by atomic mass is 32.1. The number of fused-ring (bicyclic) bond motifs is 1. The van der Waals surface area contributed by atoms with E-state index in [2.05, 4.69) is 15.0 Å². The molecule has 0 aliphatic rings. The predicted molar refractivity (Wildman–Crippen MR) is 76.7 cm³/mol. The number of nitrogens with two attached hydrogens (primary N) is 1. The van der Waals surface area contributed by atoms with Gasteiger partial charge in [-0.2, -0.15) is 10.2 Å². The Balaban J connectivity index is 2.39. The monoisotopic (exact) mass is 299 g/mol. The Morgan fingerprint density at radius 2 is 1.95 bits per heavy atom. The van der Waals surface area contributed by atoms with Crippen molar-refractivity contribution >= 4 is 39.7 Å². The van der Waals surface area contributed by atoms with Crippen molar-refractivity contribution in [1.29, 1.82) is 5.26 Å². The third-order valence-electron chi connectivity index (χ3n) is 2.55. The Kier molecular flexibility index (Phi) is 3.06. The van der Waals surface area contributed by atoms with Crippen molar-refractivity contribution in [2.24, 2.45) is 0 Å². The molecular weight excluding hydrogens is 292 g/mol. The molecule has 0 unspecified atom stereocenters. The van der Waals surface area contributed by atoms with Crippen molar-refractivity contribution in [2.75, 3.05) is 5.73 Å². The van der Waals surface area contributed by atoms with Crippen molar-refractivity contribution in [2.45, 2.75) is 0 Å². The lowest BCUT2D eigenvalue weighted by Gasteiger charge is -1.99. The summed E-state index contributed by atoms with van der Waals surface area (Å²) < 4.78 is 2.08. The van der Waals surface area contributed by atoms with E-state index in [1.807, 2.05) is 24.3 Å². The lowest BCUT2D eigenvalue weighted by atomic mass is 10.3. The molecule has 0 aliphatic carbocycles. The first-order valence-electron chi connectivity index (χ1n) is 5.54. The van der Waals surface area contributed by atoms with E-state index in [4.69, 9.17) is 18.0 Å². The summed E-state index contributed by atoms with van der Waals surface area (Å²) >= 11 is 6.18. The maximum Gasteiger partial charge on any atom is 0.367 e. The van der Waals surface area contributed by atoms with E-state index in [0.717, 1.165) is 11.3 Å². The number of nitrogen functional groups attached to an aromatic ring is 1. The predicted octanol–water partition coefficient (Wildman–Crippen LogP) is 1.55. The first-order valence-corrected chi connectivity index (χ1v) is 6.76. The van der Waals surface area contributed by atoms with Crippen LogP contribution in [0.2, 0.25) is 0 Å². The second-order valence-electron chi connectivity index (χ2n) is 3.81. The first kappa shape index (κ1) is 12.5. The Morgan fingerprint density at radius 3 is 2.65 bits per heavy atom. The fourth-order valence-corrected chi connectivity index (χ4v) is 2.62. The topological polar surface area (TPSA) is 92.4 Å². The van der Waals surface area contributed by atoms with E-state index in [1.54, 1.807) is 17.0 Å². The smallest absolute Gasteiger partial charge is 0.367 e. The number of rotatable bonds is 1. The van der Waals surface area contributed by atoms with Gasteiger partial charge in [0.1, 0.15) is 11.1 Å². The molecule has 0 spiro atoms. The van der Waals surface area contributed by atoms with Crippen LogP contribution in [-0.2, 0) is 0 Å².